The fourth-order valence-electron chi connectivity index (χ4n) is 2.93. The molecule has 0 saturated heterocycles. The van der Waals surface area contributed by atoms with E-state index in [1.54, 1.807) is 0 Å². The van der Waals surface area contributed by atoms with Crippen LogP contribution in [0.3, 0.4) is 0 Å². The lowest BCUT2D eigenvalue weighted by Crippen LogP contribution is -2.25. The average Bonchev–Trinajstić information content (AvgIpc) is 2.86. The Morgan fingerprint density at radius 1 is 1.32 bits per heavy atom. The van der Waals surface area contributed by atoms with E-state index in [2.05, 4.69) is 24.0 Å². The van der Waals surface area contributed by atoms with Crippen molar-refractivity contribution in [1.82, 2.24) is 4.98 Å². The predicted molar refractivity (Wildman–Crippen MR) is 84.5 cm³/mol. The predicted octanol–water partition coefficient (Wildman–Crippen LogP) is 3.78. The van der Waals surface area contributed by atoms with Crippen LogP contribution >= 0.6 is 0 Å². The first-order valence-corrected chi connectivity index (χ1v) is 7.95. The highest BCUT2D eigenvalue weighted by atomic mass is 16.5. The fourth-order valence-corrected chi connectivity index (χ4v) is 2.93. The van der Waals surface area contributed by atoms with Gasteiger partial charge in [-0.15, -0.1) is 0 Å². The monoisotopic (exact) mass is 301 g/mol. The molecule has 1 heterocycles. The molecule has 2 aromatic rings. The molecule has 118 valence electrons. The van der Waals surface area contributed by atoms with Gasteiger partial charge in [0.1, 0.15) is 11.5 Å². The second kappa shape index (κ2) is 6.63. The molecule has 1 aliphatic rings. The van der Waals surface area contributed by atoms with Crippen molar-refractivity contribution < 1.29 is 14.3 Å². The second-order valence-electron chi connectivity index (χ2n) is 6.14. The van der Waals surface area contributed by atoms with Gasteiger partial charge in [-0.1, -0.05) is 17.7 Å². The summed E-state index contributed by atoms with van der Waals surface area (Å²) in [7, 11) is 0. The molecule has 22 heavy (non-hydrogen) atoms. The van der Waals surface area contributed by atoms with Gasteiger partial charge in [0.15, 0.2) is 0 Å². The molecule has 1 aromatic carbocycles. The Labute approximate surface area is 131 Å². The van der Waals surface area contributed by atoms with Gasteiger partial charge in [0.2, 0.25) is 5.89 Å². The number of benzene rings is 1. The molecule has 0 bridgehead atoms. The van der Waals surface area contributed by atoms with Crippen molar-refractivity contribution >= 4 is 0 Å². The zero-order valence-electron chi connectivity index (χ0n) is 13.2. The molecular weight excluding hydrogens is 278 g/mol. The van der Waals surface area contributed by atoms with Gasteiger partial charge < -0.3 is 14.3 Å². The molecule has 2 unspecified atom stereocenters. The van der Waals surface area contributed by atoms with E-state index >= 15 is 0 Å². The van der Waals surface area contributed by atoms with Crippen molar-refractivity contribution in [1.29, 1.82) is 0 Å². The highest BCUT2D eigenvalue weighted by molar-refractivity contribution is 5.54. The molecule has 3 rings (SSSR count). The maximum atomic E-state index is 9.70. The number of hydrogen-bond donors (Lipinski definition) is 1. The van der Waals surface area contributed by atoms with E-state index < -0.39 is 0 Å². The van der Waals surface area contributed by atoms with Crippen molar-refractivity contribution in [2.24, 2.45) is 0 Å². The molecule has 0 amide bonds. The van der Waals surface area contributed by atoms with Crippen molar-refractivity contribution in [2.75, 3.05) is 0 Å². The van der Waals surface area contributed by atoms with Gasteiger partial charge in [-0.2, -0.15) is 0 Å². The highest BCUT2D eigenvalue weighted by Gasteiger charge is 2.21. The fraction of sp³-hybridized carbons (Fsp3) is 0.500. The number of oxazole rings is 1. The van der Waals surface area contributed by atoms with E-state index in [0.717, 1.165) is 42.7 Å². The number of aromatic nitrogens is 1. The molecule has 4 heteroatoms. The van der Waals surface area contributed by atoms with Crippen molar-refractivity contribution in [2.45, 2.75) is 58.3 Å². The minimum atomic E-state index is -0.222. The lowest BCUT2D eigenvalue weighted by molar-refractivity contribution is -0.0240. The van der Waals surface area contributed by atoms with Gasteiger partial charge in [-0.3, -0.25) is 0 Å². The molecule has 0 aliphatic heterocycles. The van der Waals surface area contributed by atoms with Gasteiger partial charge >= 0.3 is 0 Å². The van der Waals surface area contributed by atoms with Crippen LogP contribution in [0.5, 0.6) is 0 Å². The van der Waals surface area contributed by atoms with E-state index in [9.17, 15) is 5.11 Å². The van der Waals surface area contributed by atoms with Crippen molar-refractivity contribution in [3.8, 4) is 11.5 Å². The Bertz CT molecular complexity index is 635. The third-order valence-corrected chi connectivity index (χ3v) is 4.21. The summed E-state index contributed by atoms with van der Waals surface area (Å²) in [6.07, 6.45) is 3.56. The molecule has 1 aromatic heterocycles. The number of aliphatic hydroxyl groups is 1. The maximum Gasteiger partial charge on any atom is 0.226 e. The first-order valence-electron chi connectivity index (χ1n) is 7.95. The van der Waals surface area contributed by atoms with Gasteiger partial charge in [0.05, 0.1) is 18.8 Å². The van der Waals surface area contributed by atoms with Crippen LogP contribution in [0.4, 0.5) is 0 Å². The van der Waals surface area contributed by atoms with Gasteiger partial charge in [0, 0.05) is 5.56 Å². The summed E-state index contributed by atoms with van der Waals surface area (Å²) in [6.45, 7) is 4.41. The van der Waals surface area contributed by atoms with Crippen molar-refractivity contribution in [3.05, 3.63) is 41.3 Å². The van der Waals surface area contributed by atoms with Gasteiger partial charge in [-0.05, 0) is 51.7 Å². The minimum absolute atomic E-state index is 0.127. The topological polar surface area (TPSA) is 55.5 Å². The van der Waals surface area contributed by atoms with Crippen LogP contribution in [-0.2, 0) is 11.3 Å². The number of aryl methyl sites for hydroxylation is 2. The van der Waals surface area contributed by atoms with Gasteiger partial charge in [0.25, 0.3) is 0 Å². The Balaban J connectivity index is 1.67. The first kappa shape index (κ1) is 15.3. The molecule has 1 fully saturated rings. The van der Waals surface area contributed by atoms with Gasteiger partial charge in [-0.25, -0.2) is 4.98 Å². The Kier molecular flexibility index (Phi) is 4.60. The van der Waals surface area contributed by atoms with Crippen molar-refractivity contribution in [3.63, 3.8) is 0 Å². The van der Waals surface area contributed by atoms with E-state index in [1.165, 1.54) is 5.56 Å². The van der Waals surface area contributed by atoms with Crippen LogP contribution in [0, 0.1) is 13.8 Å². The zero-order chi connectivity index (χ0) is 15.5. The summed E-state index contributed by atoms with van der Waals surface area (Å²) in [6, 6.07) is 8.12. The van der Waals surface area contributed by atoms with Crippen LogP contribution in [0.1, 0.15) is 42.7 Å². The Morgan fingerprint density at radius 2 is 2.18 bits per heavy atom. The summed E-state index contributed by atoms with van der Waals surface area (Å²) < 4.78 is 11.7. The quantitative estimate of drug-likeness (QED) is 0.933. The molecule has 1 aliphatic carbocycles. The molecule has 4 nitrogen and oxygen atoms in total. The molecular formula is C18H23NO3. The Morgan fingerprint density at radius 3 is 2.95 bits per heavy atom. The summed E-state index contributed by atoms with van der Waals surface area (Å²) in [5, 5.41) is 9.70. The minimum Gasteiger partial charge on any atom is -0.441 e. The van der Waals surface area contributed by atoms with Crippen LogP contribution in [0.2, 0.25) is 0 Å². The van der Waals surface area contributed by atoms with E-state index in [0.29, 0.717) is 12.5 Å². The molecule has 0 radical (unpaired) electrons. The third kappa shape index (κ3) is 3.57. The lowest BCUT2D eigenvalue weighted by Gasteiger charge is -2.25. The molecule has 0 spiro atoms. The first-order chi connectivity index (χ1) is 10.6. The molecule has 2 atom stereocenters. The summed E-state index contributed by atoms with van der Waals surface area (Å²) in [4.78, 5) is 4.57. The van der Waals surface area contributed by atoms with Crippen LogP contribution < -0.4 is 0 Å². The van der Waals surface area contributed by atoms with E-state index in [4.69, 9.17) is 9.15 Å². The van der Waals surface area contributed by atoms with E-state index in [1.807, 2.05) is 19.1 Å². The van der Waals surface area contributed by atoms with Crippen LogP contribution in [-0.4, -0.2) is 22.3 Å². The SMILES string of the molecule is Cc1cccc(-c2nc(COC3CCCC(O)C3)c(C)o2)c1. The molecule has 1 N–H and O–H groups in total. The largest absolute Gasteiger partial charge is 0.441 e. The zero-order valence-corrected chi connectivity index (χ0v) is 13.2. The average molecular weight is 301 g/mol. The number of ether oxygens (including phenoxy) is 1. The summed E-state index contributed by atoms with van der Waals surface area (Å²) >= 11 is 0. The molecule has 1 saturated carbocycles. The number of rotatable bonds is 4. The number of aliphatic hydroxyl groups excluding tert-OH is 1. The third-order valence-electron chi connectivity index (χ3n) is 4.21. The summed E-state index contributed by atoms with van der Waals surface area (Å²) in [5.41, 5.74) is 3.02. The number of hydrogen-bond acceptors (Lipinski definition) is 4. The van der Waals surface area contributed by atoms with Crippen LogP contribution in [0.25, 0.3) is 11.5 Å². The van der Waals surface area contributed by atoms with Crippen LogP contribution in [0.15, 0.2) is 28.7 Å². The number of nitrogens with zero attached hydrogens (tertiary/aromatic N) is 1. The highest BCUT2D eigenvalue weighted by Crippen LogP contribution is 2.25. The second-order valence-corrected chi connectivity index (χ2v) is 6.14. The summed E-state index contributed by atoms with van der Waals surface area (Å²) in [5.74, 6) is 1.44. The normalized spacial score (nSPS) is 22.0. The standard InChI is InChI=1S/C18H23NO3/c1-12-5-3-6-14(9-12)18-19-17(13(2)22-18)11-21-16-8-4-7-15(20)10-16/h3,5-6,9,15-16,20H,4,7-8,10-11H2,1-2H3. The van der Waals surface area contributed by atoms with E-state index in [-0.39, 0.29) is 12.2 Å². The smallest absolute Gasteiger partial charge is 0.226 e. The Hall–Kier alpha value is -1.65. The lowest BCUT2D eigenvalue weighted by atomic mass is 9.95. The maximum absolute atomic E-state index is 9.70.